The van der Waals surface area contributed by atoms with Crippen LogP contribution in [0.3, 0.4) is 0 Å². The number of aromatic nitrogens is 2. The van der Waals surface area contributed by atoms with E-state index in [1.165, 1.54) is 11.3 Å². The highest BCUT2D eigenvalue weighted by molar-refractivity contribution is 7.15. The van der Waals surface area contributed by atoms with Gasteiger partial charge in [-0.2, -0.15) is 0 Å². The minimum absolute atomic E-state index is 0.294. The highest BCUT2D eigenvalue weighted by Gasteiger charge is 2.31. The van der Waals surface area contributed by atoms with Gasteiger partial charge in [-0.05, 0) is 25.0 Å². The van der Waals surface area contributed by atoms with Crippen molar-refractivity contribution < 1.29 is 9.63 Å². The van der Waals surface area contributed by atoms with Gasteiger partial charge in [0.25, 0.3) is 5.91 Å². The van der Waals surface area contributed by atoms with Crippen LogP contribution in [-0.2, 0) is 9.63 Å². The number of oxime groups is 1. The molecule has 0 spiro atoms. The second kappa shape index (κ2) is 6.31. The Morgan fingerprint density at radius 1 is 1.29 bits per heavy atom. The summed E-state index contributed by atoms with van der Waals surface area (Å²) in [5.41, 5.74) is 1.33. The third-order valence-corrected chi connectivity index (χ3v) is 5.35. The Labute approximate surface area is 151 Å². The number of hydrogen-bond acceptors (Lipinski definition) is 6. The maximum absolute atomic E-state index is 12.3. The van der Waals surface area contributed by atoms with Crippen LogP contribution in [0.5, 0.6) is 0 Å². The molecule has 1 aromatic heterocycles. The molecule has 1 fully saturated rings. The van der Waals surface area contributed by atoms with Crippen LogP contribution in [0.2, 0.25) is 10.0 Å². The molecule has 2 heterocycles. The van der Waals surface area contributed by atoms with Crippen molar-refractivity contribution in [3.8, 4) is 0 Å². The monoisotopic (exact) mass is 382 g/mol. The molecular formula is C15H12Cl2N4O2S. The summed E-state index contributed by atoms with van der Waals surface area (Å²) in [4.78, 5) is 17.5. The van der Waals surface area contributed by atoms with Gasteiger partial charge in [0, 0.05) is 22.9 Å². The molecule has 9 heteroatoms. The van der Waals surface area contributed by atoms with E-state index in [0.29, 0.717) is 38.8 Å². The summed E-state index contributed by atoms with van der Waals surface area (Å²) in [7, 11) is 0. The molecule has 6 nitrogen and oxygen atoms in total. The van der Waals surface area contributed by atoms with Gasteiger partial charge in [-0.25, -0.2) is 0 Å². The van der Waals surface area contributed by atoms with Crippen LogP contribution in [0.1, 0.15) is 35.8 Å². The van der Waals surface area contributed by atoms with Crippen molar-refractivity contribution >= 4 is 51.3 Å². The number of halogens is 2. The molecule has 2 aliphatic rings. The molecule has 1 aliphatic heterocycles. The lowest BCUT2D eigenvalue weighted by atomic mass is 10.0. The van der Waals surface area contributed by atoms with Crippen molar-refractivity contribution in [1.29, 1.82) is 0 Å². The molecule has 0 bridgehead atoms. The zero-order valence-electron chi connectivity index (χ0n) is 12.3. The van der Waals surface area contributed by atoms with E-state index in [2.05, 4.69) is 20.7 Å². The first kappa shape index (κ1) is 15.8. The van der Waals surface area contributed by atoms with Crippen molar-refractivity contribution in [3.63, 3.8) is 0 Å². The molecule has 1 aromatic carbocycles. The fourth-order valence-corrected chi connectivity index (χ4v) is 3.80. The summed E-state index contributed by atoms with van der Waals surface area (Å²) in [6, 6.07) is 5.12. The van der Waals surface area contributed by atoms with Crippen molar-refractivity contribution in [1.82, 2.24) is 10.2 Å². The Bertz CT molecular complexity index is 835. The molecule has 2 aromatic rings. The van der Waals surface area contributed by atoms with Crippen LogP contribution >= 0.6 is 34.5 Å². The molecule has 1 N–H and O–H groups in total. The van der Waals surface area contributed by atoms with E-state index >= 15 is 0 Å². The zero-order chi connectivity index (χ0) is 16.7. The summed E-state index contributed by atoms with van der Waals surface area (Å²) >= 11 is 13.5. The zero-order valence-corrected chi connectivity index (χ0v) is 14.7. The van der Waals surface area contributed by atoms with Gasteiger partial charge in [0.05, 0.1) is 10.7 Å². The third kappa shape index (κ3) is 3.24. The molecule has 0 saturated heterocycles. The number of carbonyl (C=O) groups is 1. The number of benzene rings is 1. The summed E-state index contributed by atoms with van der Waals surface area (Å²) in [6.45, 7) is 0. The summed E-state index contributed by atoms with van der Waals surface area (Å²) in [5, 5.41) is 17.3. The number of anilines is 1. The Balaban J connectivity index is 1.40. The first-order chi connectivity index (χ1) is 11.6. The van der Waals surface area contributed by atoms with Gasteiger partial charge in [-0.3, -0.25) is 10.1 Å². The van der Waals surface area contributed by atoms with Crippen molar-refractivity contribution in [2.45, 2.75) is 31.3 Å². The van der Waals surface area contributed by atoms with E-state index in [-0.39, 0.29) is 5.91 Å². The molecular weight excluding hydrogens is 371 g/mol. The van der Waals surface area contributed by atoms with E-state index in [4.69, 9.17) is 28.0 Å². The van der Waals surface area contributed by atoms with E-state index in [9.17, 15) is 4.79 Å². The Morgan fingerprint density at radius 2 is 2.12 bits per heavy atom. The average molecular weight is 383 g/mol. The van der Waals surface area contributed by atoms with Gasteiger partial charge in [0.15, 0.2) is 0 Å². The molecule has 1 amide bonds. The molecule has 24 heavy (non-hydrogen) atoms. The van der Waals surface area contributed by atoms with Crippen molar-refractivity contribution in [3.05, 3.63) is 38.8 Å². The average Bonchev–Trinajstić information content (AvgIpc) is 3.09. The fourth-order valence-electron chi connectivity index (χ4n) is 2.37. The largest absolute Gasteiger partial charge is 0.382 e. The van der Waals surface area contributed by atoms with E-state index in [0.717, 1.165) is 17.8 Å². The number of hydrogen-bond donors (Lipinski definition) is 1. The van der Waals surface area contributed by atoms with E-state index in [1.807, 2.05) is 0 Å². The quantitative estimate of drug-likeness (QED) is 0.870. The third-order valence-electron chi connectivity index (χ3n) is 3.80. The molecule has 0 radical (unpaired) electrons. The Morgan fingerprint density at radius 3 is 2.88 bits per heavy atom. The highest BCUT2D eigenvalue weighted by Crippen LogP contribution is 2.42. The maximum atomic E-state index is 12.3. The number of rotatable bonds is 4. The van der Waals surface area contributed by atoms with Crippen LogP contribution in [-0.4, -0.2) is 27.9 Å². The van der Waals surface area contributed by atoms with Crippen LogP contribution in [0.15, 0.2) is 23.4 Å². The van der Waals surface area contributed by atoms with Gasteiger partial charge < -0.3 is 4.84 Å². The molecule has 4 rings (SSSR count). The van der Waals surface area contributed by atoms with E-state index in [1.54, 1.807) is 18.2 Å². The number of nitrogens with one attached hydrogen (secondary N) is 1. The first-order valence-corrected chi connectivity index (χ1v) is 9.00. The second-order valence-corrected chi connectivity index (χ2v) is 7.52. The lowest BCUT2D eigenvalue weighted by Gasteiger charge is -2.07. The van der Waals surface area contributed by atoms with Gasteiger partial charge in [-0.15, -0.1) is 10.2 Å². The van der Waals surface area contributed by atoms with Crippen molar-refractivity contribution in [2.75, 3.05) is 5.32 Å². The topological polar surface area (TPSA) is 76.5 Å². The molecule has 0 unspecified atom stereocenters. The normalized spacial score (nSPS) is 19.8. The molecule has 1 atom stereocenters. The highest BCUT2D eigenvalue weighted by atomic mass is 35.5. The van der Waals surface area contributed by atoms with Crippen LogP contribution < -0.4 is 5.32 Å². The van der Waals surface area contributed by atoms with Gasteiger partial charge in [0.2, 0.25) is 11.2 Å². The van der Waals surface area contributed by atoms with Crippen LogP contribution in [0.25, 0.3) is 0 Å². The predicted octanol–water partition coefficient (Wildman–Crippen LogP) is 3.85. The van der Waals surface area contributed by atoms with Crippen LogP contribution in [0.4, 0.5) is 5.13 Å². The standard InChI is InChI=1S/C15H12Cl2N4O2S/c16-8-3-4-9(10(17)5-8)11-6-12(23-21-11)13(22)18-15-20-19-14(24-15)7-1-2-7/h3-5,7,12H,1-2,6H2,(H,18,20,22)/t12-/m0/s1. The molecule has 1 aliphatic carbocycles. The lowest BCUT2D eigenvalue weighted by Crippen LogP contribution is -2.28. The number of carbonyl (C=O) groups excluding carboxylic acids is 1. The van der Waals surface area contributed by atoms with E-state index < -0.39 is 6.10 Å². The number of nitrogens with zero attached hydrogens (tertiary/aromatic N) is 3. The smallest absolute Gasteiger partial charge is 0.270 e. The van der Waals surface area contributed by atoms with Crippen LogP contribution in [0, 0.1) is 0 Å². The Hall–Kier alpha value is -1.70. The van der Waals surface area contributed by atoms with Gasteiger partial charge >= 0.3 is 0 Å². The summed E-state index contributed by atoms with van der Waals surface area (Å²) in [5.74, 6) is 0.218. The summed E-state index contributed by atoms with van der Waals surface area (Å²) in [6.07, 6.45) is 1.92. The molecule has 124 valence electrons. The maximum Gasteiger partial charge on any atom is 0.270 e. The predicted molar refractivity (Wildman–Crippen MR) is 93.0 cm³/mol. The first-order valence-electron chi connectivity index (χ1n) is 7.42. The minimum atomic E-state index is -0.708. The molecule has 1 saturated carbocycles. The number of amides is 1. The lowest BCUT2D eigenvalue weighted by molar-refractivity contribution is -0.125. The second-order valence-electron chi connectivity index (χ2n) is 5.67. The van der Waals surface area contributed by atoms with Gasteiger partial charge in [-0.1, -0.05) is 45.8 Å². The Kier molecular flexibility index (Phi) is 4.15. The SMILES string of the molecule is O=C(Nc1nnc(C2CC2)s1)[C@@H]1CC(c2ccc(Cl)cc2Cl)=NO1. The van der Waals surface area contributed by atoms with Crippen molar-refractivity contribution in [2.24, 2.45) is 5.16 Å². The summed E-state index contributed by atoms with van der Waals surface area (Å²) < 4.78 is 0. The fraction of sp³-hybridized carbons (Fsp3) is 0.333. The van der Waals surface area contributed by atoms with Gasteiger partial charge in [0.1, 0.15) is 5.01 Å². The minimum Gasteiger partial charge on any atom is -0.382 e.